The smallest absolute Gasteiger partial charge is 0.271 e. The van der Waals surface area contributed by atoms with Crippen LogP contribution in [0.15, 0.2) is 42.5 Å². The lowest BCUT2D eigenvalue weighted by atomic mass is 10.1. The lowest BCUT2D eigenvalue weighted by molar-refractivity contribution is -0.384. The molecule has 0 spiro atoms. The van der Waals surface area contributed by atoms with Gasteiger partial charge in [0.25, 0.3) is 5.69 Å². The standard InChI is InChI=1S/C26H36N4O8S/c1-7-18(3)27-26(32)22(8-2)28(16-19-9-12-21(37-4)13-10-19)25(31)17-29(39(6,35)36)23-15-20(30(33)34)11-14-24(23)38-5/h9-15,18,22H,7-8,16-17H2,1-6H3,(H,27,32)/t18-,22-/m0/s1. The molecule has 2 aromatic carbocycles. The summed E-state index contributed by atoms with van der Waals surface area (Å²) < 4.78 is 36.9. The van der Waals surface area contributed by atoms with E-state index in [9.17, 15) is 28.1 Å². The van der Waals surface area contributed by atoms with Crippen LogP contribution in [0.4, 0.5) is 11.4 Å². The number of carbonyl (C=O) groups is 2. The highest BCUT2D eigenvalue weighted by atomic mass is 32.2. The topological polar surface area (TPSA) is 148 Å². The zero-order chi connectivity index (χ0) is 29.3. The molecule has 2 amide bonds. The number of nitrogens with zero attached hydrogens (tertiary/aromatic N) is 3. The number of carbonyl (C=O) groups excluding carboxylic acids is 2. The number of non-ortho nitro benzene ring substituents is 1. The van der Waals surface area contributed by atoms with Gasteiger partial charge in [-0.25, -0.2) is 8.42 Å². The Morgan fingerprint density at radius 1 is 1.05 bits per heavy atom. The number of methoxy groups -OCH3 is 2. The summed E-state index contributed by atoms with van der Waals surface area (Å²) in [5.74, 6) is -0.398. The van der Waals surface area contributed by atoms with Crippen molar-refractivity contribution >= 4 is 33.2 Å². The van der Waals surface area contributed by atoms with Gasteiger partial charge in [0.05, 0.1) is 25.4 Å². The first kappa shape index (κ1) is 31.3. The maximum Gasteiger partial charge on any atom is 0.271 e. The van der Waals surface area contributed by atoms with E-state index in [1.54, 1.807) is 31.2 Å². The number of anilines is 1. The summed E-state index contributed by atoms with van der Waals surface area (Å²) in [7, 11) is -1.30. The molecule has 0 saturated heterocycles. The molecule has 39 heavy (non-hydrogen) atoms. The lowest BCUT2D eigenvalue weighted by Crippen LogP contribution is -2.53. The summed E-state index contributed by atoms with van der Waals surface area (Å²) >= 11 is 0. The summed E-state index contributed by atoms with van der Waals surface area (Å²) in [5, 5.41) is 14.3. The average Bonchev–Trinajstić information content (AvgIpc) is 2.90. The summed E-state index contributed by atoms with van der Waals surface area (Å²) in [6, 6.07) is 9.37. The number of sulfonamides is 1. The normalized spacial score (nSPS) is 12.7. The van der Waals surface area contributed by atoms with Gasteiger partial charge in [0.15, 0.2) is 0 Å². The van der Waals surface area contributed by atoms with E-state index < -0.39 is 33.4 Å². The molecular formula is C26H36N4O8S. The first-order valence-corrected chi connectivity index (χ1v) is 14.2. The van der Waals surface area contributed by atoms with Crippen molar-refractivity contribution in [1.29, 1.82) is 0 Å². The van der Waals surface area contributed by atoms with Crippen LogP contribution in [0.5, 0.6) is 11.5 Å². The van der Waals surface area contributed by atoms with Crippen LogP contribution in [-0.2, 0) is 26.2 Å². The van der Waals surface area contributed by atoms with Crippen LogP contribution in [0.1, 0.15) is 39.2 Å². The Kier molecular flexibility index (Phi) is 11.1. The van der Waals surface area contributed by atoms with Gasteiger partial charge in [-0.15, -0.1) is 0 Å². The van der Waals surface area contributed by atoms with Crippen molar-refractivity contribution in [1.82, 2.24) is 10.2 Å². The number of hydrogen-bond donors (Lipinski definition) is 1. The van der Waals surface area contributed by atoms with Gasteiger partial charge in [0.2, 0.25) is 21.8 Å². The molecule has 0 aliphatic heterocycles. The van der Waals surface area contributed by atoms with Gasteiger partial charge in [-0.3, -0.25) is 24.0 Å². The van der Waals surface area contributed by atoms with Crippen molar-refractivity contribution in [2.75, 3.05) is 31.3 Å². The van der Waals surface area contributed by atoms with Gasteiger partial charge in [-0.1, -0.05) is 26.0 Å². The van der Waals surface area contributed by atoms with Crippen LogP contribution in [0.2, 0.25) is 0 Å². The predicted octanol–water partition coefficient (Wildman–Crippen LogP) is 3.10. The number of amides is 2. The van der Waals surface area contributed by atoms with Crippen LogP contribution in [0.25, 0.3) is 0 Å². The summed E-state index contributed by atoms with van der Waals surface area (Å²) in [4.78, 5) is 39.1. The number of hydrogen-bond acceptors (Lipinski definition) is 8. The SMILES string of the molecule is CC[C@H](C)NC(=O)[C@H](CC)N(Cc1ccc(OC)cc1)C(=O)CN(c1cc([N+](=O)[O-])ccc1OC)S(C)(=O)=O. The average molecular weight is 565 g/mol. The number of nitrogens with one attached hydrogen (secondary N) is 1. The minimum atomic E-state index is -4.11. The molecule has 2 aromatic rings. The van der Waals surface area contributed by atoms with Crippen LogP contribution in [0.3, 0.4) is 0 Å². The second-order valence-corrected chi connectivity index (χ2v) is 10.9. The molecule has 2 atom stereocenters. The number of nitro groups is 1. The molecular weight excluding hydrogens is 528 g/mol. The number of nitro benzene ring substituents is 1. The van der Waals surface area contributed by atoms with E-state index in [4.69, 9.17) is 9.47 Å². The number of rotatable bonds is 14. The van der Waals surface area contributed by atoms with E-state index in [1.165, 1.54) is 31.3 Å². The summed E-state index contributed by atoms with van der Waals surface area (Å²) in [6.45, 7) is 4.83. The van der Waals surface area contributed by atoms with E-state index in [0.29, 0.717) is 17.7 Å². The maximum absolute atomic E-state index is 13.8. The first-order valence-electron chi connectivity index (χ1n) is 12.4. The van der Waals surface area contributed by atoms with Gasteiger partial charge in [-0.05, 0) is 43.5 Å². The third kappa shape index (κ3) is 8.31. The fraction of sp³-hybridized carbons (Fsp3) is 0.462. The Bertz CT molecular complexity index is 1270. The Hall–Kier alpha value is -3.87. The molecule has 0 fully saturated rings. The van der Waals surface area contributed by atoms with E-state index in [1.807, 2.05) is 13.8 Å². The highest BCUT2D eigenvalue weighted by Crippen LogP contribution is 2.34. The van der Waals surface area contributed by atoms with Crippen molar-refractivity contribution in [3.63, 3.8) is 0 Å². The monoisotopic (exact) mass is 564 g/mol. The highest BCUT2D eigenvalue weighted by Gasteiger charge is 2.33. The molecule has 1 N–H and O–H groups in total. The van der Waals surface area contributed by atoms with Crippen molar-refractivity contribution in [3.05, 3.63) is 58.1 Å². The van der Waals surface area contributed by atoms with Crippen molar-refractivity contribution < 1.29 is 32.4 Å². The van der Waals surface area contributed by atoms with Gasteiger partial charge < -0.3 is 19.7 Å². The Labute approximate surface area is 229 Å². The van der Waals surface area contributed by atoms with E-state index in [0.717, 1.165) is 16.6 Å². The highest BCUT2D eigenvalue weighted by molar-refractivity contribution is 7.92. The van der Waals surface area contributed by atoms with Crippen LogP contribution in [0, 0.1) is 10.1 Å². The molecule has 0 heterocycles. The summed E-state index contributed by atoms with van der Waals surface area (Å²) in [6.07, 6.45) is 1.84. The molecule has 0 radical (unpaired) electrons. The van der Waals surface area contributed by atoms with Gasteiger partial charge in [0, 0.05) is 24.7 Å². The fourth-order valence-corrected chi connectivity index (χ4v) is 4.71. The molecule has 13 heteroatoms. The fourth-order valence-electron chi connectivity index (χ4n) is 3.87. The zero-order valence-corrected chi connectivity index (χ0v) is 23.9. The molecule has 0 aliphatic rings. The minimum Gasteiger partial charge on any atom is -0.497 e. The first-order chi connectivity index (χ1) is 18.4. The third-order valence-corrected chi connectivity index (χ3v) is 7.35. The summed E-state index contributed by atoms with van der Waals surface area (Å²) in [5.41, 5.74) is 0.156. The molecule has 12 nitrogen and oxygen atoms in total. The largest absolute Gasteiger partial charge is 0.497 e. The maximum atomic E-state index is 13.8. The third-order valence-electron chi connectivity index (χ3n) is 6.22. The Morgan fingerprint density at radius 3 is 2.18 bits per heavy atom. The molecule has 0 bridgehead atoms. The van der Waals surface area contributed by atoms with Crippen LogP contribution in [-0.4, -0.2) is 69.2 Å². The molecule has 0 aliphatic carbocycles. The van der Waals surface area contributed by atoms with Gasteiger partial charge >= 0.3 is 0 Å². The van der Waals surface area contributed by atoms with E-state index in [-0.39, 0.29) is 42.0 Å². The molecule has 0 aromatic heterocycles. The molecule has 2 rings (SSSR count). The Balaban J connectivity index is 2.55. The second-order valence-electron chi connectivity index (χ2n) is 8.99. The Morgan fingerprint density at radius 2 is 1.69 bits per heavy atom. The van der Waals surface area contributed by atoms with Crippen molar-refractivity contribution in [2.24, 2.45) is 0 Å². The molecule has 214 valence electrons. The second kappa shape index (κ2) is 13.8. The molecule has 0 unspecified atom stereocenters. The number of benzene rings is 2. The van der Waals surface area contributed by atoms with E-state index in [2.05, 4.69) is 5.32 Å². The lowest BCUT2D eigenvalue weighted by Gasteiger charge is -2.33. The van der Waals surface area contributed by atoms with Crippen LogP contribution >= 0.6 is 0 Å². The zero-order valence-electron chi connectivity index (χ0n) is 23.0. The minimum absolute atomic E-state index is 0.0128. The van der Waals surface area contributed by atoms with Gasteiger partial charge in [-0.2, -0.15) is 0 Å². The van der Waals surface area contributed by atoms with E-state index >= 15 is 0 Å². The predicted molar refractivity (Wildman–Crippen MR) is 147 cm³/mol. The number of ether oxygens (including phenoxy) is 2. The van der Waals surface area contributed by atoms with Crippen LogP contribution < -0.4 is 19.1 Å². The quantitative estimate of drug-likeness (QED) is 0.272. The van der Waals surface area contributed by atoms with Crippen molar-refractivity contribution in [3.8, 4) is 11.5 Å². The van der Waals surface area contributed by atoms with Gasteiger partial charge in [0.1, 0.15) is 29.8 Å². The molecule has 0 saturated carbocycles. The van der Waals surface area contributed by atoms with Crippen molar-refractivity contribution in [2.45, 2.75) is 52.2 Å².